The quantitative estimate of drug-likeness (QED) is 0.776. The lowest BCUT2D eigenvalue weighted by Crippen LogP contribution is -2.07. The molecule has 1 atom stereocenters. The third kappa shape index (κ3) is 1.78. The molecule has 2 rings (SSSR count). The zero-order valence-electron chi connectivity index (χ0n) is 9.09. The Morgan fingerprint density at radius 2 is 1.94 bits per heavy atom. The van der Waals surface area contributed by atoms with Gasteiger partial charge in [0.2, 0.25) is 0 Å². The molecule has 2 N–H and O–H groups in total. The molecule has 1 aromatic heterocycles. The van der Waals surface area contributed by atoms with Crippen LogP contribution in [0.3, 0.4) is 0 Å². The van der Waals surface area contributed by atoms with Crippen molar-refractivity contribution in [2.45, 2.75) is 13.0 Å². The Kier molecular flexibility index (Phi) is 2.65. The van der Waals surface area contributed by atoms with Gasteiger partial charge in [-0.15, -0.1) is 0 Å². The molecule has 0 amide bonds. The number of hydrogen-bond donors (Lipinski definition) is 1. The summed E-state index contributed by atoms with van der Waals surface area (Å²) in [7, 11) is 0. The van der Waals surface area contributed by atoms with E-state index in [1.165, 1.54) is 0 Å². The lowest BCUT2D eigenvalue weighted by molar-refractivity contribution is 0.636. The predicted molar refractivity (Wildman–Crippen MR) is 63.8 cm³/mol. The molecule has 0 fully saturated rings. The van der Waals surface area contributed by atoms with Crippen LogP contribution in [0.4, 0.5) is 5.69 Å². The average molecular weight is 211 g/mol. The normalized spacial score (nSPS) is 12.0. The molecule has 80 valence electrons. The van der Waals surface area contributed by atoms with Gasteiger partial charge in [0.25, 0.3) is 0 Å². The number of anilines is 1. The fourth-order valence-corrected chi connectivity index (χ4v) is 1.76. The zero-order chi connectivity index (χ0) is 11.5. The second-order valence-corrected chi connectivity index (χ2v) is 3.76. The third-order valence-corrected chi connectivity index (χ3v) is 2.73. The van der Waals surface area contributed by atoms with E-state index in [9.17, 15) is 0 Å². The lowest BCUT2D eigenvalue weighted by Gasteiger charge is -2.15. The number of nitrogens with two attached hydrogens (primary N) is 1. The van der Waals surface area contributed by atoms with Crippen molar-refractivity contribution >= 4 is 5.69 Å². The molecular formula is C13H13N3. The van der Waals surface area contributed by atoms with E-state index >= 15 is 0 Å². The number of benzene rings is 1. The van der Waals surface area contributed by atoms with Crippen LogP contribution in [0.1, 0.15) is 24.2 Å². The number of rotatable bonds is 2. The standard InChI is InChI=1S/C13H13N3/c1-10(11-4-6-12(15)7-5-11)16-8-2-3-13(16)9-14/h2-8,10H,15H2,1H3. The molecule has 1 aromatic carbocycles. The minimum absolute atomic E-state index is 0.144. The molecule has 0 aliphatic rings. The molecule has 0 aliphatic carbocycles. The Bertz CT molecular complexity index is 517. The van der Waals surface area contributed by atoms with E-state index in [4.69, 9.17) is 11.0 Å². The van der Waals surface area contributed by atoms with Gasteiger partial charge < -0.3 is 10.3 Å². The van der Waals surface area contributed by atoms with Gasteiger partial charge in [-0.3, -0.25) is 0 Å². The first kappa shape index (κ1) is 10.3. The first-order chi connectivity index (χ1) is 7.72. The van der Waals surface area contributed by atoms with E-state index in [0.717, 1.165) is 11.3 Å². The van der Waals surface area contributed by atoms with Crippen molar-refractivity contribution < 1.29 is 0 Å². The second-order valence-electron chi connectivity index (χ2n) is 3.76. The first-order valence-corrected chi connectivity index (χ1v) is 5.15. The van der Waals surface area contributed by atoms with Gasteiger partial charge in [0, 0.05) is 11.9 Å². The fraction of sp³-hybridized carbons (Fsp3) is 0.154. The van der Waals surface area contributed by atoms with Gasteiger partial charge in [-0.1, -0.05) is 12.1 Å². The fourth-order valence-electron chi connectivity index (χ4n) is 1.76. The second kappa shape index (κ2) is 4.11. The number of nitrogen functional groups attached to an aromatic ring is 1. The highest BCUT2D eigenvalue weighted by atomic mass is 15.0. The van der Waals surface area contributed by atoms with E-state index in [-0.39, 0.29) is 6.04 Å². The van der Waals surface area contributed by atoms with E-state index in [2.05, 4.69) is 13.0 Å². The smallest absolute Gasteiger partial charge is 0.120 e. The first-order valence-electron chi connectivity index (χ1n) is 5.15. The summed E-state index contributed by atoms with van der Waals surface area (Å²) < 4.78 is 1.95. The van der Waals surface area contributed by atoms with Crippen LogP contribution in [0.2, 0.25) is 0 Å². The molecule has 16 heavy (non-hydrogen) atoms. The number of nitrogens with zero attached hydrogens (tertiary/aromatic N) is 2. The number of aromatic nitrogens is 1. The minimum Gasteiger partial charge on any atom is -0.399 e. The van der Waals surface area contributed by atoms with Crippen LogP contribution in [0, 0.1) is 11.3 Å². The topological polar surface area (TPSA) is 54.7 Å². The van der Waals surface area contributed by atoms with Crippen molar-refractivity contribution in [2.24, 2.45) is 0 Å². The molecule has 3 heteroatoms. The lowest BCUT2D eigenvalue weighted by atomic mass is 10.1. The summed E-state index contributed by atoms with van der Waals surface area (Å²) in [5.74, 6) is 0. The Hall–Kier alpha value is -2.21. The monoisotopic (exact) mass is 211 g/mol. The summed E-state index contributed by atoms with van der Waals surface area (Å²) in [6.07, 6.45) is 1.92. The molecule has 2 aromatic rings. The molecule has 0 spiro atoms. The van der Waals surface area contributed by atoms with Crippen LogP contribution in [0.15, 0.2) is 42.6 Å². The maximum absolute atomic E-state index is 8.96. The molecule has 1 heterocycles. The summed E-state index contributed by atoms with van der Waals surface area (Å²) in [6.45, 7) is 2.06. The van der Waals surface area contributed by atoms with Crippen LogP contribution in [-0.2, 0) is 0 Å². The Morgan fingerprint density at radius 1 is 1.25 bits per heavy atom. The van der Waals surface area contributed by atoms with E-state index < -0.39 is 0 Å². The molecule has 0 radical (unpaired) electrons. The van der Waals surface area contributed by atoms with Crippen molar-refractivity contribution in [3.05, 3.63) is 53.9 Å². The van der Waals surface area contributed by atoms with Gasteiger partial charge in [0.15, 0.2) is 0 Å². The summed E-state index contributed by atoms with van der Waals surface area (Å²) in [6, 6.07) is 13.7. The van der Waals surface area contributed by atoms with E-state index in [1.54, 1.807) is 0 Å². The van der Waals surface area contributed by atoms with Gasteiger partial charge in [0.1, 0.15) is 11.8 Å². The van der Waals surface area contributed by atoms with Crippen molar-refractivity contribution in [1.82, 2.24) is 4.57 Å². The molecule has 0 aliphatic heterocycles. The van der Waals surface area contributed by atoms with Gasteiger partial charge in [-0.25, -0.2) is 0 Å². The maximum atomic E-state index is 8.96. The molecule has 1 unspecified atom stereocenters. The summed E-state index contributed by atoms with van der Waals surface area (Å²) in [4.78, 5) is 0. The van der Waals surface area contributed by atoms with Crippen molar-refractivity contribution in [1.29, 1.82) is 5.26 Å². The molecular weight excluding hydrogens is 198 g/mol. The maximum Gasteiger partial charge on any atom is 0.120 e. The third-order valence-electron chi connectivity index (χ3n) is 2.73. The van der Waals surface area contributed by atoms with Gasteiger partial charge >= 0.3 is 0 Å². The highest BCUT2D eigenvalue weighted by Gasteiger charge is 2.09. The highest BCUT2D eigenvalue weighted by Crippen LogP contribution is 2.20. The van der Waals surface area contributed by atoms with E-state index in [0.29, 0.717) is 5.69 Å². The summed E-state index contributed by atoms with van der Waals surface area (Å²) in [5.41, 5.74) is 8.21. The Morgan fingerprint density at radius 3 is 2.56 bits per heavy atom. The van der Waals surface area contributed by atoms with Crippen LogP contribution in [-0.4, -0.2) is 4.57 Å². The van der Waals surface area contributed by atoms with Crippen LogP contribution >= 0.6 is 0 Å². The SMILES string of the molecule is CC(c1ccc(N)cc1)n1cccc1C#N. The van der Waals surface area contributed by atoms with Crippen LogP contribution in [0.5, 0.6) is 0 Å². The predicted octanol–water partition coefficient (Wildman–Crippen LogP) is 2.55. The molecule has 3 nitrogen and oxygen atoms in total. The molecule has 0 saturated carbocycles. The number of nitriles is 1. The molecule has 0 bridgehead atoms. The van der Waals surface area contributed by atoms with Crippen LogP contribution < -0.4 is 5.73 Å². The Balaban J connectivity index is 2.36. The van der Waals surface area contributed by atoms with E-state index in [1.807, 2.05) is 47.2 Å². The average Bonchev–Trinajstić information content (AvgIpc) is 2.77. The minimum atomic E-state index is 0.144. The van der Waals surface area contributed by atoms with Gasteiger partial charge in [0.05, 0.1) is 6.04 Å². The van der Waals surface area contributed by atoms with Crippen molar-refractivity contribution in [3.63, 3.8) is 0 Å². The zero-order valence-corrected chi connectivity index (χ0v) is 9.09. The van der Waals surface area contributed by atoms with Crippen LogP contribution in [0.25, 0.3) is 0 Å². The highest BCUT2D eigenvalue weighted by molar-refractivity contribution is 5.40. The van der Waals surface area contributed by atoms with Gasteiger partial charge in [-0.2, -0.15) is 5.26 Å². The summed E-state index contributed by atoms with van der Waals surface area (Å²) >= 11 is 0. The largest absolute Gasteiger partial charge is 0.399 e. The molecule has 0 saturated heterocycles. The van der Waals surface area contributed by atoms with Crippen molar-refractivity contribution in [3.8, 4) is 6.07 Å². The van der Waals surface area contributed by atoms with Gasteiger partial charge in [-0.05, 0) is 36.8 Å². The summed E-state index contributed by atoms with van der Waals surface area (Å²) in [5, 5.41) is 8.96. The van der Waals surface area contributed by atoms with Crippen molar-refractivity contribution in [2.75, 3.05) is 5.73 Å². The number of hydrogen-bond acceptors (Lipinski definition) is 2. The Labute approximate surface area is 94.7 Å².